The molecule has 0 atom stereocenters. The molecule has 0 aromatic heterocycles. The molecule has 2 nitrogen and oxygen atoms in total. The molecule has 2 rings (SSSR count). The molecule has 24 heavy (non-hydrogen) atoms. The van der Waals surface area contributed by atoms with Crippen molar-refractivity contribution >= 4 is 23.4 Å². The van der Waals surface area contributed by atoms with E-state index in [1.807, 2.05) is 0 Å². The average Bonchev–Trinajstić information content (AvgIpc) is 2.50. The molecular formula is C16H12F5NOS. The maximum atomic E-state index is 13.0. The van der Waals surface area contributed by atoms with Gasteiger partial charge < -0.3 is 5.32 Å². The topological polar surface area (TPSA) is 29.1 Å². The zero-order valence-corrected chi connectivity index (χ0v) is 13.0. The molecule has 0 bridgehead atoms. The number of carbonyl (C=O) groups is 1. The molecule has 0 fully saturated rings. The maximum Gasteiger partial charge on any atom is 0.416 e. The Labute approximate surface area is 139 Å². The summed E-state index contributed by atoms with van der Waals surface area (Å²) in [6.45, 7) is 0. The van der Waals surface area contributed by atoms with E-state index in [-0.39, 0.29) is 17.2 Å². The third kappa shape index (κ3) is 5.23. The predicted octanol–water partition coefficient (Wildman–Crippen LogP) is 4.86. The Kier molecular flexibility index (Phi) is 5.82. The highest BCUT2D eigenvalue weighted by Gasteiger charge is 2.30. The molecule has 0 radical (unpaired) electrons. The van der Waals surface area contributed by atoms with Crippen molar-refractivity contribution in [1.29, 1.82) is 0 Å². The van der Waals surface area contributed by atoms with Gasteiger partial charge in [-0.15, -0.1) is 11.8 Å². The second kappa shape index (κ2) is 7.65. The number of thioether (sulfide) groups is 1. The lowest BCUT2D eigenvalue weighted by Crippen LogP contribution is -2.14. The van der Waals surface area contributed by atoms with Gasteiger partial charge in [-0.1, -0.05) is 18.2 Å². The van der Waals surface area contributed by atoms with Crippen molar-refractivity contribution in [1.82, 2.24) is 0 Å². The van der Waals surface area contributed by atoms with Gasteiger partial charge in [0, 0.05) is 17.5 Å². The summed E-state index contributed by atoms with van der Waals surface area (Å²) in [4.78, 5) is 11.7. The second-order valence-electron chi connectivity index (χ2n) is 4.87. The normalized spacial score (nSPS) is 11.4. The van der Waals surface area contributed by atoms with E-state index in [4.69, 9.17) is 0 Å². The molecule has 1 amide bonds. The number of nitrogens with one attached hydrogen (secondary N) is 1. The molecule has 2 aromatic rings. The van der Waals surface area contributed by atoms with Gasteiger partial charge in [-0.25, -0.2) is 8.78 Å². The highest BCUT2D eigenvalue weighted by molar-refractivity contribution is 7.99. The van der Waals surface area contributed by atoms with Gasteiger partial charge in [-0.05, 0) is 23.8 Å². The lowest BCUT2D eigenvalue weighted by Gasteiger charge is -2.09. The molecule has 0 aliphatic heterocycles. The average molecular weight is 361 g/mol. The van der Waals surface area contributed by atoms with E-state index in [0.29, 0.717) is 5.56 Å². The van der Waals surface area contributed by atoms with E-state index in [0.717, 1.165) is 36.0 Å². The van der Waals surface area contributed by atoms with Gasteiger partial charge in [-0.2, -0.15) is 13.2 Å². The van der Waals surface area contributed by atoms with Gasteiger partial charge in [-0.3, -0.25) is 4.79 Å². The molecule has 128 valence electrons. The first-order valence-corrected chi connectivity index (χ1v) is 7.90. The zero-order valence-electron chi connectivity index (χ0n) is 12.2. The summed E-state index contributed by atoms with van der Waals surface area (Å²) in [6, 6.07) is 7.80. The lowest BCUT2D eigenvalue weighted by atomic mass is 10.1. The molecule has 0 heterocycles. The van der Waals surface area contributed by atoms with Crippen LogP contribution in [0.1, 0.15) is 11.1 Å². The van der Waals surface area contributed by atoms with Crippen LogP contribution >= 0.6 is 11.8 Å². The Morgan fingerprint density at radius 2 is 1.79 bits per heavy atom. The number of rotatable bonds is 5. The second-order valence-corrected chi connectivity index (χ2v) is 5.85. The summed E-state index contributed by atoms with van der Waals surface area (Å²) in [6.07, 6.45) is -4.41. The summed E-state index contributed by atoms with van der Waals surface area (Å²) < 4.78 is 63.6. The van der Waals surface area contributed by atoms with E-state index < -0.39 is 29.3 Å². The predicted molar refractivity (Wildman–Crippen MR) is 82.6 cm³/mol. The van der Waals surface area contributed by atoms with Crippen LogP contribution in [0, 0.1) is 11.6 Å². The Morgan fingerprint density at radius 3 is 2.46 bits per heavy atom. The number of carbonyl (C=O) groups excluding carboxylic acids is 1. The molecule has 2 aromatic carbocycles. The van der Waals surface area contributed by atoms with Crippen LogP contribution in [0.4, 0.5) is 27.6 Å². The molecule has 1 N–H and O–H groups in total. The van der Waals surface area contributed by atoms with Gasteiger partial charge in [0.15, 0.2) is 11.6 Å². The van der Waals surface area contributed by atoms with Gasteiger partial charge in [0.1, 0.15) is 0 Å². The van der Waals surface area contributed by atoms with E-state index >= 15 is 0 Å². The molecule has 0 aliphatic rings. The monoisotopic (exact) mass is 361 g/mol. The van der Waals surface area contributed by atoms with E-state index in [9.17, 15) is 26.7 Å². The molecule has 8 heteroatoms. The van der Waals surface area contributed by atoms with Crippen LogP contribution in [0.3, 0.4) is 0 Å². The van der Waals surface area contributed by atoms with Crippen molar-refractivity contribution in [3.05, 3.63) is 65.2 Å². The number of benzene rings is 2. The van der Waals surface area contributed by atoms with Crippen molar-refractivity contribution in [2.75, 3.05) is 11.1 Å². The zero-order chi connectivity index (χ0) is 17.7. The first kappa shape index (κ1) is 18.3. The molecule has 0 unspecified atom stereocenters. The van der Waals surface area contributed by atoms with Crippen molar-refractivity contribution in [2.24, 2.45) is 0 Å². The molecule has 0 spiro atoms. The first-order chi connectivity index (χ1) is 11.3. The number of alkyl halides is 3. The largest absolute Gasteiger partial charge is 0.416 e. The standard InChI is InChI=1S/C16H12F5NOS/c17-13-5-4-12(7-14(13)18)22-15(23)9-24-8-10-2-1-3-11(6-10)16(19,20)21/h1-7H,8-9H2,(H,22,23). The minimum absolute atomic E-state index is 0.0325. The molecule has 0 saturated carbocycles. The summed E-state index contributed by atoms with van der Waals surface area (Å²) in [5.41, 5.74) is -0.194. The minimum atomic E-state index is -4.41. The fraction of sp³-hybridized carbons (Fsp3) is 0.188. The quantitative estimate of drug-likeness (QED) is 0.771. The van der Waals surface area contributed by atoms with Gasteiger partial charge in [0.2, 0.25) is 5.91 Å². The third-order valence-electron chi connectivity index (χ3n) is 2.96. The number of halogens is 5. The Balaban J connectivity index is 1.85. The smallest absolute Gasteiger partial charge is 0.325 e. The third-order valence-corrected chi connectivity index (χ3v) is 3.96. The minimum Gasteiger partial charge on any atom is -0.325 e. The number of hydrogen-bond acceptors (Lipinski definition) is 2. The van der Waals surface area contributed by atoms with Crippen molar-refractivity contribution in [2.45, 2.75) is 11.9 Å². The number of amides is 1. The number of hydrogen-bond donors (Lipinski definition) is 1. The number of anilines is 1. The van der Waals surface area contributed by atoms with Crippen molar-refractivity contribution < 1.29 is 26.7 Å². The van der Waals surface area contributed by atoms with Crippen LogP contribution in [0.15, 0.2) is 42.5 Å². The Morgan fingerprint density at radius 1 is 1.04 bits per heavy atom. The molecule has 0 aliphatic carbocycles. The maximum absolute atomic E-state index is 13.0. The van der Waals surface area contributed by atoms with E-state index in [1.54, 1.807) is 0 Å². The summed E-state index contributed by atoms with van der Waals surface area (Å²) in [7, 11) is 0. The Bertz CT molecular complexity index is 733. The van der Waals surface area contributed by atoms with E-state index in [2.05, 4.69) is 5.32 Å². The fourth-order valence-electron chi connectivity index (χ4n) is 1.87. The SMILES string of the molecule is O=C(CSCc1cccc(C(F)(F)F)c1)Nc1ccc(F)c(F)c1. The van der Waals surface area contributed by atoms with Crippen molar-refractivity contribution in [3.63, 3.8) is 0 Å². The highest BCUT2D eigenvalue weighted by atomic mass is 32.2. The van der Waals surface area contributed by atoms with E-state index in [1.165, 1.54) is 18.2 Å². The van der Waals surface area contributed by atoms with Crippen LogP contribution in [0.25, 0.3) is 0 Å². The molecular weight excluding hydrogens is 349 g/mol. The lowest BCUT2D eigenvalue weighted by molar-refractivity contribution is -0.137. The van der Waals surface area contributed by atoms with Crippen LogP contribution in [-0.2, 0) is 16.7 Å². The van der Waals surface area contributed by atoms with Crippen molar-refractivity contribution in [3.8, 4) is 0 Å². The first-order valence-electron chi connectivity index (χ1n) is 6.74. The van der Waals surface area contributed by atoms with Gasteiger partial charge in [0.25, 0.3) is 0 Å². The molecule has 0 saturated heterocycles. The highest BCUT2D eigenvalue weighted by Crippen LogP contribution is 2.30. The van der Waals surface area contributed by atoms with Crippen LogP contribution in [-0.4, -0.2) is 11.7 Å². The van der Waals surface area contributed by atoms with Crippen LogP contribution in [0.2, 0.25) is 0 Å². The van der Waals surface area contributed by atoms with Crippen LogP contribution < -0.4 is 5.32 Å². The Hall–Kier alpha value is -2.09. The summed E-state index contributed by atoms with van der Waals surface area (Å²) in [5, 5.41) is 2.39. The fourth-order valence-corrected chi connectivity index (χ4v) is 2.64. The summed E-state index contributed by atoms with van der Waals surface area (Å²) >= 11 is 1.11. The van der Waals surface area contributed by atoms with Gasteiger partial charge >= 0.3 is 6.18 Å². The van der Waals surface area contributed by atoms with Gasteiger partial charge in [0.05, 0.1) is 11.3 Å². The summed E-state index contributed by atoms with van der Waals surface area (Å²) in [5.74, 6) is -2.38. The van der Waals surface area contributed by atoms with Crippen LogP contribution in [0.5, 0.6) is 0 Å².